The Morgan fingerprint density at radius 3 is 2.59 bits per heavy atom. The summed E-state index contributed by atoms with van der Waals surface area (Å²) in [5.74, 6) is 0.628. The zero-order valence-corrected chi connectivity index (χ0v) is 15.7. The lowest BCUT2D eigenvalue weighted by Gasteiger charge is -2.37. The van der Waals surface area contributed by atoms with Gasteiger partial charge in [0, 0.05) is 36.9 Å². The maximum absolute atomic E-state index is 11.6. The molecule has 1 amide bonds. The highest BCUT2D eigenvalue weighted by atomic mass is 16.5. The van der Waals surface area contributed by atoms with E-state index in [4.69, 9.17) is 20.4 Å². The van der Waals surface area contributed by atoms with Gasteiger partial charge in [-0.25, -0.2) is 0 Å². The van der Waals surface area contributed by atoms with Crippen LogP contribution in [-0.2, 0) is 9.59 Å². The minimum atomic E-state index is -0.250. The number of carbonyl (C=O) groups is 2. The molecule has 2 aliphatic rings. The molecule has 0 aromatic heterocycles. The third-order valence-corrected chi connectivity index (χ3v) is 5.16. The normalized spacial score (nSPS) is 22.5. The molecular formula is C20H29N3O4. The number of anilines is 1. The minimum Gasteiger partial charge on any atom is -0.497 e. The molecule has 1 heterocycles. The predicted octanol–water partition coefficient (Wildman–Crippen LogP) is 1.77. The molecule has 2 atom stereocenters. The molecule has 0 spiro atoms. The summed E-state index contributed by atoms with van der Waals surface area (Å²) < 4.78 is 5.31. The second-order valence-electron chi connectivity index (χ2n) is 6.79. The second kappa shape index (κ2) is 10.6. The van der Waals surface area contributed by atoms with Crippen LogP contribution in [-0.4, -0.2) is 49.8 Å². The number of rotatable bonds is 5. The molecule has 27 heavy (non-hydrogen) atoms. The Labute approximate surface area is 160 Å². The smallest absolute Gasteiger partial charge is 0.290 e. The SMILES string of the molecule is COc1cccc(N2CCC(N[C@@H]3CC=CC[C@H]3C(N)=O)CC2)c1.O=CO. The van der Waals surface area contributed by atoms with Crippen molar-refractivity contribution in [3.05, 3.63) is 36.4 Å². The number of carbonyl (C=O) groups excluding carboxylic acids is 1. The van der Waals surface area contributed by atoms with E-state index in [0.717, 1.165) is 44.5 Å². The summed E-state index contributed by atoms with van der Waals surface area (Å²) in [6.07, 6.45) is 8.02. The summed E-state index contributed by atoms with van der Waals surface area (Å²) in [7, 11) is 1.70. The van der Waals surface area contributed by atoms with E-state index in [1.807, 2.05) is 12.1 Å². The van der Waals surface area contributed by atoms with Crippen LogP contribution in [0, 0.1) is 5.92 Å². The van der Waals surface area contributed by atoms with Crippen LogP contribution >= 0.6 is 0 Å². The number of nitrogens with two attached hydrogens (primary N) is 1. The summed E-state index contributed by atoms with van der Waals surface area (Å²) in [6.45, 7) is 1.77. The first-order valence-electron chi connectivity index (χ1n) is 9.26. The fraction of sp³-hybridized carbons (Fsp3) is 0.500. The first-order valence-corrected chi connectivity index (χ1v) is 9.26. The van der Waals surface area contributed by atoms with E-state index in [1.54, 1.807) is 7.11 Å². The first kappa shape index (κ1) is 20.8. The number of piperidine rings is 1. The Morgan fingerprint density at radius 1 is 1.30 bits per heavy atom. The number of carboxylic acid groups (broad SMARTS) is 1. The average molecular weight is 375 g/mol. The van der Waals surface area contributed by atoms with Crippen molar-refractivity contribution in [1.82, 2.24) is 5.32 Å². The summed E-state index contributed by atoms with van der Waals surface area (Å²) in [6, 6.07) is 8.85. The molecule has 1 aromatic rings. The van der Waals surface area contributed by atoms with Crippen molar-refractivity contribution in [1.29, 1.82) is 0 Å². The van der Waals surface area contributed by atoms with E-state index in [-0.39, 0.29) is 24.3 Å². The molecule has 1 saturated heterocycles. The average Bonchev–Trinajstić information content (AvgIpc) is 2.69. The summed E-state index contributed by atoms with van der Waals surface area (Å²) in [5.41, 5.74) is 6.77. The van der Waals surface area contributed by atoms with E-state index in [1.165, 1.54) is 5.69 Å². The molecule has 0 radical (unpaired) electrons. The van der Waals surface area contributed by atoms with Gasteiger partial charge in [-0.1, -0.05) is 18.2 Å². The Morgan fingerprint density at radius 2 is 1.96 bits per heavy atom. The Kier molecular flexibility index (Phi) is 8.13. The molecule has 0 unspecified atom stereocenters. The Hall–Kier alpha value is -2.54. The molecule has 7 heteroatoms. The van der Waals surface area contributed by atoms with Crippen molar-refractivity contribution in [2.45, 2.75) is 37.8 Å². The monoisotopic (exact) mass is 375 g/mol. The lowest BCUT2D eigenvalue weighted by atomic mass is 9.87. The molecule has 1 aliphatic heterocycles. The molecule has 1 fully saturated rings. The van der Waals surface area contributed by atoms with Crippen LogP contribution in [0.25, 0.3) is 0 Å². The quantitative estimate of drug-likeness (QED) is 0.535. The molecular weight excluding hydrogens is 346 g/mol. The fourth-order valence-corrected chi connectivity index (χ4v) is 3.73. The molecule has 0 saturated carbocycles. The highest BCUT2D eigenvalue weighted by Gasteiger charge is 2.30. The zero-order valence-electron chi connectivity index (χ0n) is 15.7. The predicted molar refractivity (Wildman–Crippen MR) is 105 cm³/mol. The van der Waals surface area contributed by atoms with Crippen molar-refractivity contribution in [3.8, 4) is 5.75 Å². The highest BCUT2D eigenvalue weighted by molar-refractivity contribution is 5.77. The standard InChI is InChI=1S/C19H27N3O2.CH2O2/c1-24-16-6-4-5-15(13-16)22-11-9-14(10-12-22)21-18-8-3-2-7-17(18)19(20)23;2-1-3/h2-6,13-14,17-18,21H,7-12H2,1H3,(H2,20,23);1H,(H,2,3)/t17-,18-;/m1./s1. The van der Waals surface area contributed by atoms with Gasteiger partial charge in [0.15, 0.2) is 0 Å². The lowest BCUT2D eigenvalue weighted by molar-refractivity contribution is -0.123. The van der Waals surface area contributed by atoms with Crippen LogP contribution in [0.4, 0.5) is 5.69 Å². The van der Waals surface area contributed by atoms with Crippen LogP contribution in [0.1, 0.15) is 25.7 Å². The largest absolute Gasteiger partial charge is 0.497 e. The number of allylic oxidation sites excluding steroid dienone is 1. The number of nitrogens with zero attached hydrogens (tertiary/aromatic N) is 1. The van der Waals surface area contributed by atoms with Gasteiger partial charge >= 0.3 is 0 Å². The van der Waals surface area contributed by atoms with Gasteiger partial charge in [-0.15, -0.1) is 0 Å². The zero-order chi connectivity index (χ0) is 19.6. The molecule has 0 bridgehead atoms. The van der Waals surface area contributed by atoms with Gasteiger partial charge in [0.1, 0.15) is 5.75 Å². The van der Waals surface area contributed by atoms with Crippen molar-refractivity contribution >= 4 is 18.1 Å². The minimum absolute atomic E-state index is 0.0774. The van der Waals surface area contributed by atoms with Crippen LogP contribution in [0.3, 0.4) is 0 Å². The van der Waals surface area contributed by atoms with Crippen LogP contribution in [0.15, 0.2) is 36.4 Å². The third-order valence-electron chi connectivity index (χ3n) is 5.16. The molecule has 1 aromatic carbocycles. The first-order chi connectivity index (χ1) is 13.1. The lowest BCUT2D eigenvalue weighted by Crippen LogP contribution is -2.51. The maximum Gasteiger partial charge on any atom is 0.290 e. The van der Waals surface area contributed by atoms with E-state index >= 15 is 0 Å². The number of ether oxygens (including phenoxy) is 1. The van der Waals surface area contributed by atoms with Crippen molar-refractivity contribution in [3.63, 3.8) is 0 Å². The molecule has 7 nitrogen and oxygen atoms in total. The van der Waals surface area contributed by atoms with Gasteiger partial charge < -0.3 is 25.8 Å². The summed E-state index contributed by atoms with van der Waals surface area (Å²) >= 11 is 0. The van der Waals surface area contributed by atoms with E-state index in [2.05, 4.69) is 34.5 Å². The molecule has 1 aliphatic carbocycles. The Balaban J connectivity index is 0.000000817. The number of hydrogen-bond donors (Lipinski definition) is 3. The number of methoxy groups -OCH3 is 1. The number of primary amides is 1. The fourth-order valence-electron chi connectivity index (χ4n) is 3.73. The van der Waals surface area contributed by atoms with Gasteiger partial charge in [-0.05, 0) is 37.8 Å². The van der Waals surface area contributed by atoms with Crippen LogP contribution < -0.4 is 20.7 Å². The van der Waals surface area contributed by atoms with Gasteiger partial charge in [-0.3, -0.25) is 9.59 Å². The van der Waals surface area contributed by atoms with E-state index < -0.39 is 0 Å². The van der Waals surface area contributed by atoms with Gasteiger partial charge in [0.05, 0.1) is 13.0 Å². The molecule has 4 N–H and O–H groups in total. The van der Waals surface area contributed by atoms with Crippen LogP contribution in [0.2, 0.25) is 0 Å². The van der Waals surface area contributed by atoms with Gasteiger partial charge in [-0.2, -0.15) is 0 Å². The van der Waals surface area contributed by atoms with Gasteiger partial charge in [0.25, 0.3) is 6.47 Å². The van der Waals surface area contributed by atoms with E-state index in [0.29, 0.717) is 6.04 Å². The topological polar surface area (TPSA) is 105 Å². The molecule has 3 rings (SSSR count). The van der Waals surface area contributed by atoms with Crippen molar-refractivity contribution < 1.29 is 19.4 Å². The Bertz CT molecular complexity index is 642. The maximum atomic E-state index is 11.6. The number of benzene rings is 1. The van der Waals surface area contributed by atoms with Gasteiger partial charge in [0.2, 0.25) is 5.91 Å². The highest BCUT2D eigenvalue weighted by Crippen LogP contribution is 2.26. The van der Waals surface area contributed by atoms with Crippen molar-refractivity contribution in [2.75, 3.05) is 25.1 Å². The third kappa shape index (κ3) is 5.99. The molecule has 148 valence electrons. The number of hydrogen-bond acceptors (Lipinski definition) is 5. The summed E-state index contributed by atoms with van der Waals surface area (Å²) in [4.78, 5) is 22.4. The number of amides is 1. The summed E-state index contributed by atoms with van der Waals surface area (Å²) in [5, 5.41) is 10.6. The van der Waals surface area contributed by atoms with E-state index in [9.17, 15) is 4.79 Å². The van der Waals surface area contributed by atoms with Crippen molar-refractivity contribution in [2.24, 2.45) is 11.7 Å². The second-order valence-corrected chi connectivity index (χ2v) is 6.79. The van der Waals surface area contributed by atoms with Crippen LogP contribution in [0.5, 0.6) is 5.75 Å². The number of nitrogens with one attached hydrogen (secondary N) is 1.